The fourth-order valence-corrected chi connectivity index (χ4v) is 3.18. The van der Waals surface area contributed by atoms with E-state index in [1.165, 1.54) is 0 Å². The van der Waals surface area contributed by atoms with Crippen LogP contribution >= 0.6 is 0 Å². The van der Waals surface area contributed by atoms with E-state index in [0.29, 0.717) is 37.5 Å². The fourth-order valence-electron chi connectivity index (χ4n) is 3.18. The number of unbranched alkanes of at least 4 members (excludes halogenated alkanes) is 1. The van der Waals surface area contributed by atoms with Crippen LogP contribution in [0.5, 0.6) is 0 Å². The molecule has 3 amide bonds. The molecule has 1 aromatic rings. The molecule has 1 aliphatic heterocycles. The van der Waals surface area contributed by atoms with Crippen LogP contribution in [0.25, 0.3) is 0 Å². The molecule has 1 atom stereocenters. The van der Waals surface area contributed by atoms with Gasteiger partial charge < -0.3 is 20.7 Å². The summed E-state index contributed by atoms with van der Waals surface area (Å²) in [6, 6.07) is 4.52. The fraction of sp³-hybridized carbons (Fsp3) is 0.545. The van der Waals surface area contributed by atoms with E-state index in [4.69, 9.17) is 4.74 Å². The first kappa shape index (κ1) is 24.3. The molecule has 1 fully saturated rings. The Bertz CT molecular complexity index is 811. The predicted molar refractivity (Wildman–Crippen MR) is 118 cm³/mol. The van der Waals surface area contributed by atoms with Gasteiger partial charge in [0.15, 0.2) is 0 Å². The summed E-state index contributed by atoms with van der Waals surface area (Å²) < 4.78 is 5.17. The molecule has 0 bridgehead atoms. The summed E-state index contributed by atoms with van der Waals surface area (Å²) in [5.41, 5.74) is 2.06. The molecule has 0 aliphatic carbocycles. The van der Waals surface area contributed by atoms with Crippen LogP contribution < -0.4 is 16.0 Å². The van der Waals surface area contributed by atoms with Crippen molar-refractivity contribution in [2.75, 3.05) is 36.9 Å². The van der Waals surface area contributed by atoms with Crippen LogP contribution in [0.2, 0.25) is 0 Å². The van der Waals surface area contributed by atoms with Gasteiger partial charge in [0.05, 0.1) is 19.6 Å². The summed E-state index contributed by atoms with van der Waals surface area (Å²) in [6.07, 6.45) is 1.94. The summed E-state index contributed by atoms with van der Waals surface area (Å²) in [4.78, 5) is 50.3. The first-order chi connectivity index (χ1) is 14.8. The molecule has 0 saturated carbocycles. The predicted octanol–water partition coefficient (Wildman–Crippen LogP) is 1.82. The standard InChI is InChI=1S/C22H32N4O5/c1-4-6-11-31-21(29)13-18-22(30)23-9-10-26(18)14-20(28)24-16-8-7-15(3)17(12-16)25-19(27)5-2/h7-8,12,18H,4-6,9-11,13-14H2,1-3H3,(H,23,30)(H,24,28)(H,25,27). The van der Waals surface area contributed by atoms with Crippen LogP contribution in [0, 0.1) is 6.92 Å². The van der Waals surface area contributed by atoms with Crippen LogP contribution in [0.15, 0.2) is 18.2 Å². The first-order valence-corrected chi connectivity index (χ1v) is 10.7. The second-order valence-electron chi connectivity index (χ2n) is 7.54. The lowest BCUT2D eigenvalue weighted by molar-refractivity contribution is -0.149. The number of esters is 1. The normalized spacial score (nSPS) is 16.4. The number of amides is 3. The molecule has 0 aromatic heterocycles. The monoisotopic (exact) mass is 432 g/mol. The van der Waals surface area contributed by atoms with Crippen molar-refractivity contribution < 1.29 is 23.9 Å². The van der Waals surface area contributed by atoms with Crippen molar-refractivity contribution in [3.05, 3.63) is 23.8 Å². The van der Waals surface area contributed by atoms with Crippen molar-refractivity contribution in [2.45, 2.75) is 52.5 Å². The van der Waals surface area contributed by atoms with Gasteiger partial charge in [-0.15, -0.1) is 0 Å². The van der Waals surface area contributed by atoms with Crippen molar-refractivity contribution in [3.63, 3.8) is 0 Å². The number of aryl methyl sites for hydroxylation is 1. The van der Waals surface area contributed by atoms with Gasteiger partial charge in [-0.25, -0.2) is 0 Å². The number of ether oxygens (including phenoxy) is 1. The van der Waals surface area contributed by atoms with Crippen molar-refractivity contribution in [1.29, 1.82) is 0 Å². The van der Waals surface area contributed by atoms with Crippen molar-refractivity contribution >= 4 is 35.1 Å². The zero-order chi connectivity index (χ0) is 22.8. The number of carbonyl (C=O) groups excluding carboxylic acids is 4. The Morgan fingerprint density at radius 2 is 1.97 bits per heavy atom. The summed E-state index contributed by atoms with van der Waals surface area (Å²) in [5, 5.41) is 8.34. The summed E-state index contributed by atoms with van der Waals surface area (Å²) in [7, 11) is 0. The quantitative estimate of drug-likeness (QED) is 0.384. The second kappa shape index (κ2) is 12.0. The zero-order valence-electron chi connectivity index (χ0n) is 18.5. The van der Waals surface area contributed by atoms with Crippen LogP contribution in [0.4, 0.5) is 11.4 Å². The molecule has 1 aromatic carbocycles. The molecule has 9 heteroatoms. The molecular weight excluding hydrogens is 400 g/mol. The van der Waals surface area contributed by atoms with Gasteiger partial charge in [-0.3, -0.25) is 24.1 Å². The van der Waals surface area contributed by atoms with E-state index in [1.807, 2.05) is 19.9 Å². The van der Waals surface area contributed by atoms with Crippen LogP contribution in [-0.2, 0) is 23.9 Å². The lowest BCUT2D eigenvalue weighted by Crippen LogP contribution is -2.57. The molecule has 31 heavy (non-hydrogen) atoms. The maximum atomic E-state index is 12.6. The largest absolute Gasteiger partial charge is 0.466 e. The summed E-state index contributed by atoms with van der Waals surface area (Å²) >= 11 is 0. The molecular formula is C22H32N4O5. The molecule has 1 unspecified atom stereocenters. The average Bonchev–Trinajstić information content (AvgIpc) is 2.73. The summed E-state index contributed by atoms with van der Waals surface area (Å²) in [6.45, 7) is 6.79. The minimum Gasteiger partial charge on any atom is -0.466 e. The number of benzene rings is 1. The zero-order valence-corrected chi connectivity index (χ0v) is 18.5. The molecule has 2 rings (SSSR count). The number of piperazine rings is 1. The van der Waals surface area contributed by atoms with Gasteiger partial charge in [-0.1, -0.05) is 26.3 Å². The Hall–Kier alpha value is -2.94. The second-order valence-corrected chi connectivity index (χ2v) is 7.54. The van der Waals surface area contributed by atoms with Gasteiger partial charge >= 0.3 is 5.97 Å². The first-order valence-electron chi connectivity index (χ1n) is 10.7. The number of hydrogen-bond acceptors (Lipinski definition) is 6. The van der Waals surface area contributed by atoms with E-state index >= 15 is 0 Å². The molecule has 1 aliphatic rings. The molecule has 0 radical (unpaired) electrons. The Kier molecular flexibility index (Phi) is 9.45. The molecule has 1 heterocycles. The SMILES string of the molecule is CCCCOC(=O)CC1C(=O)NCCN1CC(=O)Nc1ccc(C)c(NC(=O)CC)c1. The van der Waals surface area contributed by atoms with Gasteiger partial charge in [-0.05, 0) is 31.0 Å². The third-order valence-corrected chi connectivity index (χ3v) is 5.03. The highest BCUT2D eigenvalue weighted by molar-refractivity contribution is 5.96. The van der Waals surface area contributed by atoms with E-state index < -0.39 is 12.0 Å². The lowest BCUT2D eigenvalue weighted by atomic mass is 10.1. The molecule has 1 saturated heterocycles. The highest BCUT2D eigenvalue weighted by Crippen LogP contribution is 2.21. The third-order valence-electron chi connectivity index (χ3n) is 5.03. The van der Waals surface area contributed by atoms with E-state index in [9.17, 15) is 19.2 Å². The van der Waals surface area contributed by atoms with Crippen molar-refractivity contribution in [1.82, 2.24) is 10.2 Å². The minimum absolute atomic E-state index is 0.0368. The number of hydrogen-bond donors (Lipinski definition) is 3. The number of anilines is 2. The number of nitrogens with one attached hydrogen (secondary N) is 3. The van der Waals surface area contributed by atoms with Crippen molar-refractivity contribution in [2.24, 2.45) is 0 Å². The Morgan fingerprint density at radius 1 is 1.19 bits per heavy atom. The molecule has 170 valence electrons. The van der Waals surface area contributed by atoms with Gasteiger partial charge in [0.2, 0.25) is 17.7 Å². The lowest BCUT2D eigenvalue weighted by Gasteiger charge is -2.33. The van der Waals surface area contributed by atoms with Gasteiger partial charge in [0, 0.05) is 30.9 Å². The number of nitrogens with zero attached hydrogens (tertiary/aromatic N) is 1. The maximum absolute atomic E-state index is 12.6. The third kappa shape index (κ3) is 7.67. The molecule has 3 N–H and O–H groups in total. The average molecular weight is 433 g/mol. The van der Waals surface area contributed by atoms with Crippen molar-refractivity contribution in [3.8, 4) is 0 Å². The van der Waals surface area contributed by atoms with Gasteiger partial charge in [0.1, 0.15) is 6.04 Å². The van der Waals surface area contributed by atoms with E-state index in [2.05, 4.69) is 16.0 Å². The number of rotatable bonds is 10. The Labute approximate surface area is 182 Å². The van der Waals surface area contributed by atoms with Crippen LogP contribution in [-0.4, -0.2) is 60.9 Å². The highest BCUT2D eigenvalue weighted by atomic mass is 16.5. The van der Waals surface area contributed by atoms with E-state index in [0.717, 1.165) is 18.4 Å². The Morgan fingerprint density at radius 3 is 2.68 bits per heavy atom. The number of carbonyl (C=O) groups is 4. The Balaban J connectivity index is 1.98. The van der Waals surface area contributed by atoms with E-state index in [1.54, 1.807) is 24.0 Å². The van der Waals surface area contributed by atoms with Crippen LogP contribution in [0.3, 0.4) is 0 Å². The van der Waals surface area contributed by atoms with Crippen LogP contribution in [0.1, 0.15) is 45.1 Å². The smallest absolute Gasteiger partial charge is 0.307 e. The molecule has 9 nitrogen and oxygen atoms in total. The minimum atomic E-state index is -0.744. The van der Waals surface area contributed by atoms with Gasteiger partial charge in [0.25, 0.3) is 0 Å². The maximum Gasteiger partial charge on any atom is 0.307 e. The van der Waals surface area contributed by atoms with Gasteiger partial charge in [-0.2, -0.15) is 0 Å². The molecule has 0 spiro atoms. The summed E-state index contributed by atoms with van der Waals surface area (Å²) in [5.74, 6) is -1.16. The highest BCUT2D eigenvalue weighted by Gasteiger charge is 2.33. The van der Waals surface area contributed by atoms with E-state index in [-0.39, 0.29) is 30.7 Å². The topological polar surface area (TPSA) is 117 Å².